The molecule has 3 nitrogen and oxygen atoms in total. The van der Waals surface area contributed by atoms with E-state index in [1.165, 1.54) is 11.1 Å². The molecular weight excluding hydrogens is 330 g/mol. The van der Waals surface area contributed by atoms with Crippen LogP contribution in [0.1, 0.15) is 16.9 Å². The topological polar surface area (TPSA) is 33.5 Å². The third-order valence-electron chi connectivity index (χ3n) is 4.43. The van der Waals surface area contributed by atoms with Crippen molar-refractivity contribution in [3.05, 3.63) is 83.8 Å². The first-order valence-corrected chi connectivity index (χ1v) is 9.57. The Morgan fingerprint density at radius 2 is 1.56 bits per heavy atom. The van der Waals surface area contributed by atoms with Crippen LogP contribution < -0.4 is 4.90 Å². The Labute approximate surface area is 151 Å². The summed E-state index contributed by atoms with van der Waals surface area (Å²) in [5.74, 6) is 2.13. The van der Waals surface area contributed by atoms with Gasteiger partial charge in [0.05, 0.1) is 29.1 Å². The van der Waals surface area contributed by atoms with Crippen LogP contribution in [0.3, 0.4) is 0 Å². The highest BCUT2D eigenvalue weighted by molar-refractivity contribution is 7.99. The third kappa shape index (κ3) is 3.35. The lowest BCUT2D eigenvalue weighted by atomic mass is 10.0. The Morgan fingerprint density at radius 3 is 2.16 bits per heavy atom. The van der Waals surface area contributed by atoms with E-state index >= 15 is 0 Å². The van der Waals surface area contributed by atoms with Crippen LogP contribution in [0.15, 0.2) is 71.3 Å². The van der Waals surface area contributed by atoms with Crippen LogP contribution in [0.2, 0.25) is 0 Å². The number of hydrogen-bond acceptors (Lipinski definition) is 3. The molecule has 2 heterocycles. The van der Waals surface area contributed by atoms with Gasteiger partial charge in [-0.3, -0.25) is 9.69 Å². The molecule has 0 radical (unpaired) electrons. The largest absolute Gasteiger partial charge is 0.468 e. The maximum atomic E-state index is 13.1. The van der Waals surface area contributed by atoms with Crippen molar-refractivity contribution in [2.45, 2.75) is 18.6 Å². The van der Waals surface area contributed by atoms with Crippen molar-refractivity contribution in [3.63, 3.8) is 0 Å². The molecule has 0 fully saturated rings. The van der Waals surface area contributed by atoms with Crippen molar-refractivity contribution >= 4 is 29.0 Å². The number of thioether (sulfide) groups is 1. The molecule has 3 aromatic rings. The first kappa shape index (κ1) is 16.0. The van der Waals surface area contributed by atoms with Crippen LogP contribution in [0, 0.1) is 0 Å². The minimum absolute atomic E-state index is 0.110. The van der Waals surface area contributed by atoms with E-state index in [4.69, 9.17) is 4.42 Å². The monoisotopic (exact) mass is 349 g/mol. The standard InChI is InChI=1S/C21H19NO2S/c23-21(15-25-14-18-8-5-13-24-18)22-19-9-3-1-6-16(19)11-12-17-7-2-4-10-20(17)22/h1-10,13H,11-12,14-15H2. The Kier molecular flexibility index (Phi) is 4.61. The molecule has 1 amide bonds. The molecule has 0 saturated heterocycles. The molecular formula is C21H19NO2S. The van der Waals surface area contributed by atoms with Crippen LogP contribution in [-0.2, 0) is 23.4 Å². The number of carbonyl (C=O) groups excluding carboxylic acids is 1. The van der Waals surface area contributed by atoms with Crippen LogP contribution in [0.25, 0.3) is 0 Å². The number of nitrogens with zero attached hydrogens (tertiary/aromatic N) is 1. The van der Waals surface area contributed by atoms with E-state index < -0.39 is 0 Å². The number of amides is 1. The van der Waals surface area contributed by atoms with E-state index in [1.807, 2.05) is 53.4 Å². The molecule has 0 spiro atoms. The highest BCUT2D eigenvalue weighted by Crippen LogP contribution is 2.36. The molecule has 1 aliphatic heterocycles. The number of furan rings is 1. The van der Waals surface area contributed by atoms with Crippen LogP contribution in [0.4, 0.5) is 11.4 Å². The first-order chi connectivity index (χ1) is 12.3. The van der Waals surface area contributed by atoms with E-state index in [1.54, 1.807) is 18.0 Å². The number of para-hydroxylation sites is 2. The van der Waals surface area contributed by atoms with E-state index in [-0.39, 0.29) is 5.91 Å². The van der Waals surface area contributed by atoms with Gasteiger partial charge in [-0.1, -0.05) is 36.4 Å². The van der Waals surface area contributed by atoms with Gasteiger partial charge in [-0.05, 0) is 48.2 Å². The number of fused-ring (bicyclic) bond motifs is 2. The minimum Gasteiger partial charge on any atom is -0.468 e. The summed E-state index contributed by atoms with van der Waals surface area (Å²) in [7, 11) is 0. The Balaban J connectivity index is 1.61. The third-order valence-corrected chi connectivity index (χ3v) is 5.37. The van der Waals surface area contributed by atoms with Gasteiger partial charge in [0, 0.05) is 0 Å². The van der Waals surface area contributed by atoms with Crippen LogP contribution in [0.5, 0.6) is 0 Å². The second-order valence-corrected chi connectivity index (χ2v) is 7.04. The van der Waals surface area contributed by atoms with Gasteiger partial charge in [-0.15, -0.1) is 11.8 Å². The highest BCUT2D eigenvalue weighted by Gasteiger charge is 2.25. The quantitative estimate of drug-likeness (QED) is 0.666. The number of benzene rings is 2. The van der Waals surface area contributed by atoms with E-state index in [0.717, 1.165) is 30.0 Å². The van der Waals surface area contributed by atoms with Crippen molar-refractivity contribution in [2.75, 3.05) is 10.7 Å². The summed E-state index contributed by atoms with van der Waals surface area (Å²) < 4.78 is 5.35. The zero-order chi connectivity index (χ0) is 17.1. The SMILES string of the molecule is O=C(CSCc1ccco1)N1c2ccccc2CCc2ccccc21. The Hall–Kier alpha value is -2.46. The van der Waals surface area contributed by atoms with Crippen molar-refractivity contribution in [1.29, 1.82) is 0 Å². The summed E-state index contributed by atoms with van der Waals surface area (Å²) in [6, 6.07) is 20.2. The summed E-state index contributed by atoms with van der Waals surface area (Å²) in [6.45, 7) is 0. The highest BCUT2D eigenvalue weighted by atomic mass is 32.2. The normalized spacial score (nSPS) is 13.0. The number of carbonyl (C=O) groups is 1. The van der Waals surface area contributed by atoms with E-state index in [2.05, 4.69) is 12.1 Å². The summed E-state index contributed by atoms with van der Waals surface area (Å²) >= 11 is 1.58. The van der Waals surface area contributed by atoms with Crippen molar-refractivity contribution < 1.29 is 9.21 Å². The molecule has 2 aromatic carbocycles. The number of aryl methyl sites for hydroxylation is 2. The lowest BCUT2D eigenvalue weighted by Crippen LogP contribution is -2.28. The maximum absolute atomic E-state index is 13.1. The average Bonchev–Trinajstić information content (AvgIpc) is 3.09. The van der Waals surface area contributed by atoms with Gasteiger partial charge in [0.15, 0.2) is 0 Å². The second kappa shape index (κ2) is 7.19. The van der Waals surface area contributed by atoms with Crippen LogP contribution in [-0.4, -0.2) is 11.7 Å². The van der Waals surface area contributed by atoms with Gasteiger partial charge in [-0.2, -0.15) is 0 Å². The molecule has 0 aliphatic carbocycles. The smallest absolute Gasteiger partial charge is 0.241 e. The number of anilines is 2. The van der Waals surface area contributed by atoms with E-state index in [0.29, 0.717) is 11.5 Å². The summed E-state index contributed by atoms with van der Waals surface area (Å²) in [6.07, 6.45) is 3.58. The van der Waals surface area contributed by atoms with Crippen molar-refractivity contribution in [1.82, 2.24) is 0 Å². The fraction of sp³-hybridized carbons (Fsp3) is 0.190. The summed E-state index contributed by atoms with van der Waals surface area (Å²) in [5, 5.41) is 0. The molecule has 0 N–H and O–H groups in total. The lowest BCUT2D eigenvalue weighted by molar-refractivity contribution is -0.115. The number of hydrogen-bond donors (Lipinski definition) is 0. The van der Waals surface area contributed by atoms with Crippen molar-refractivity contribution in [2.24, 2.45) is 0 Å². The predicted molar refractivity (Wildman–Crippen MR) is 102 cm³/mol. The van der Waals surface area contributed by atoms with Gasteiger partial charge >= 0.3 is 0 Å². The van der Waals surface area contributed by atoms with Gasteiger partial charge in [0.1, 0.15) is 5.76 Å². The molecule has 4 rings (SSSR count). The summed E-state index contributed by atoms with van der Waals surface area (Å²) in [4.78, 5) is 15.0. The predicted octanol–water partition coefficient (Wildman–Crippen LogP) is 4.98. The van der Waals surface area contributed by atoms with Gasteiger partial charge in [0.25, 0.3) is 0 Å². The molecule has 25 heavy (non-hydrogen) atoms. The molecule has 1 aromatic heterocycles. The van der Waals surface area contributed by atoms with Crippen molar-refractivity contribution in [3.8, 4) is 0 Å². The zero-order valence-corrected chi connectivity index (χ0v) is 14.7. The molecule has 0 bridgehead atoms. The molecule has 1 aliphatic rings. The minimum atomic E-state index is 0.110. The van der Waals surface area contributed by atoms with Crippen LogP contribution >= 0.6 is 11.8 Å². The first-order valence-electron chi connectivity index (χ1n) is 8.42. The second-order valence-electron chi connectivity index (χ2n) is 6.06. The fourth-order valence-electron chi connectivity index (χ4n) is 3.25. The molecule has 0 saturated carbocycles. The van der Waals surface area contributed by atoms with E-state index in [9.17, 15) is 4.79 Å². The average molecular weight is 349 g/mol. The van der Waals surface area contributed by atoms with Gasteiger partial charge in [0.2, 0.25) is 5.91 Å². The molecule has 126 valence electrons. The Bertz CT molecular complexity index is 826. The van der Waals surface area contributed by atoms with Gasteiger partial charge in [-0.25, -0.2) is 0 Å². The zero-order valence-electron chi connectivity index (χ0n) is 13.9. The van der Waals surface area contributed by atoms with Gasteiger partial charge < -0.3 is 4.42 Å². The lowest BCUT2D eigenvalue weighted by Gasteiger charge is -2.24. The summed E-state index contributed by atoms with van der Waals surface area (Å²) in [5.41, 5.74) is 4.47. The maximum Gasteiger partial charge on any atom is 0.241 e. The molecule has 0 atom stereocenters. The molecule has 0 unspecified atom stereocenters. The molecule has 4 heteroatoms. The fourth-order valence-corrected chi connectivity index (χ4v) is 4.02. The number of rotatable bonds is 4. The Morgan fingerprint density at radius 1 is 0.920 bits per heavy atom.